The van der Waals surface area contributed by atoms with Gasteiger partial charge in [-0.15, -0.1) is 0 Å². The summed E-state index contributed by atoms with van der Waals surface area (Å²) in [4.78, 5) is 258. The Kier molecular flexibility index (Phi) is 51.2. The van der Waals surface area contributed by atoms with Gasteiger partial charge in [0.05, 0.1) is 30.6 Å². The quantitative estimate of drug-likeness (QED) is 0.0113. The Morgan fingerprint density at radius 2 is 0.872 bits per heavy atom. The van der Waals surface area contributed by atoms with Gasteiger partial charge in [-0.05, 0) is 169 Å². The van der Waals surface area contributed by atoms with Gasteiger partial charge in [0.15, 0.2) is 11.9 Å². The molecule has 1 heterocycles. The lowest BCUT2D eigenvalue weighted by Crippen LogP contribution is -2.62. The van der Waals surface area contributed by atoms with Crippen LogP contribution in [0.2, 0.25) is 5.02 Å². The maximum Gasteiger partial charge on any atom is 0.326 e. The molecule has 48 nitrogen and oxygen atoms in total. The number of carbonyl (C=O) groups is 18. The number of imidazole rings is 1. The third-order valence-electron chi connectivity index (χ3n) is 22.4. The predicted octanol–water partition coefficient (Wildman–Crippen LogP) is -4.16. The SMILES string of the molecule is CC[C@H](NC(=O)[C@H](CC(C)C)NC(=O)[C@@H](NC(=O)[C@H](CCCN)NC(=O)[C@H](Cc1c[nH]cn1)NC(=O)[C@H](Cc1cccc(F)c1)NC(=O)[C@H](CCCCNC(=N)N)NC(=O)[C@H](C)NC(=O)[C@@H](NC(=O)[C@H](Cc1ccc(Cl)cc1)NC(=O)[C@@H](NC(=O)[C@H](C)NC(=O)[C@H](CC(=O)O)NC(=O)[C@@H](CCCNC(=N)N)NC(=O)[C@@H](N)Cc1ccc(O)cc1)[C@@H](C)CC)[C@@H](C)O)C(C)C)C(=O)N[C@@H](CCC(N)=O)C(=O)O. The van der Waals surface area contributed by atoms with Crippen LogP contribution >= 0.6 is 11.6 Å². The van der Waals surface area contributed by atoms with Gasteiger partial charge in [0.1, 0.15) is 102 Å². The van der Waals surface area contributed by atoms with Crippen LogP contribution in [0.15, 0.2) is 85.3 Å². The van der Waals surface area contributed by atoms with Crippen LogP contribution in [-0.4, -0.2) is 271 Å². The van der Waals surface area contributed by atoms with Crippen LogP contribution in [-0.2, 0) is 112 Å². The summed E-state index contributed by atoms with van der Waals surface area (Å²) in [5.74, 6) is -22.5. The number of primary amides is 1. The second-order valence-electron chi connectivity index (χ2n) is 35.0. The van der Waals surface area contributed by atoms with Crippen molar-refractivity contribution in [3.63, 3.8) is 0 Å². The van der Waals surface area contributed by atoms with E-state index in [4.69, 9.17) is 51.1 Å². The van der Waals surface area contributed by atoms with Crippen LogP contribution in [0.25, 0.3) is 0 Å². The normalized spacial score (nSPS) is 15.0. The van der Waals surface area contributed by atoms with Crippen molar-refractivity contribution in [1.82, 2.24) is 100 Å². The number of carboxylic acids is 2. The number of phenols is 1. The highest BCUT2D eigenvalue weighted by Gasteiger charge is 2.41. The number of hydrogen-bond donors (Lipinski definition) is 29. The van der Waals surface area contributed by atoms with Crippen LogP contribution in [0, 0.1) is 34.4 Å². The van der Waals surface area contributed by atoms with E-state index in [-0.39, 0.29) is 137 Å². The van der Waals surface area contributed by atoms with Crippen molar-refractivity contribution in [2.45, 2.75) is 281 Å². The number of hydrogen-bond acceptors (Lipinski definition) is 25. The number of aromatic hydroxyl groups is 1. The molecule has 0 unspecified atom stereocenters. The molecule has 0 aliphatic heterocycles. The predicted molar refractivity (Wildman–Crippen MR) is 513 cm³/mol. The van der Waals surface area contributed by atoms with Crippen LogP contribution in [0.1, 0.15) is 175 Å². The Labute approximate surface area is 820 Å². The van der Waals surface area contributed by atoms with Crippen molar-refractivity contribution in [2.75, 3.05) is 19.6 Å². The van der Waals surface area contributed by atoms with Gasteiger partial charge in [0, 0.05) is 50.0 Å². The van der Waals surface area contributed by atoms with E-state index >= 15 is 14.0 Å². The van der Waals surface area contributed by atoms with Gasteiger partial charge in [-0.3, -0.25) is 92.3 Å². The fraction of sp³-hybridized carbons (Fsp3) is 0.549. The molecular formula is C91H138ClFN26O22. The van der Waals surface area contributed by atoms with E-state index in [2.05, 4.69) is 100 Å². The van der Waals surface area contributed by atoms with E-state index in [0.29, 0.717) is 11.1 Å². The van der Waals surface area contributed by atoms with Crippen molar-refractivity contribution in [2.24, 2.45) is 46.4 Å². The summed E-state index contributed by atoms with van der Waals surface area (Å²) in [7, 11) is 0. The number of aliphatic carboxylic acids is 2. The highest BCUT2D eigenvalue weighted by Crippen LogP contribution is 2.19. The number of guanidine groups is 2. The Morgan fingerprint density at radius 3 is 1.40 bits per heavy atom. The first-order valence-electron chi connectivity index (χ1n) is 46.3. The highest BCUT2D eigenvalue weighted by atomic mass is 35.5. The van der Waals surface area contributed by atoms with E-state index in [0.717, 1.165) is 19.1 Å². The zero-order chi connectivity index (χ0) is 106. The molecule has 3 aromatic carbocycles. The third kappa shape index (κ3) is 43.4. The van der Waals surface area contributed by atoms with Gasteiger partial charge >= 0.3 is 11.9 Å². The van der Waals surface area contributed by atoms with Gasteiger partial charge < -0.3 is 144 Å². The molecule has 0 aliphatic carbocycles. The summed E-state index contributed by atoms with van der Waals surface area (Å²) >= 11 is 6.23. The largest absolute Gasteiger partial charge is 0.508 e. The molecular weight excluding hydrogens is 1860 g/mol. The number of rotatable bonds is 63. The number of nitrogens with two attached hydrogens (primary N) is 5. The zero-order valence-electron chi connectivity index (χ0n) is 80.5. The molecule has 4 rings (SSSR count). The number of carbonyl (C=O) groups excluding carboxylic acids is 16. The van der Waals surface area contributed by atoms with E-state index in [1.165, 1.54) is 94.0 Å². The molecule has 141 heavy (non-hydrogen) atoms. The molecule has 0 spiro atoms. The fourth-order valence-corrected chi connectivity index (χ4v) is 14.3. The molecule has 50 heteroatoms. The number of nitrogens with one attached hydrogen (secondary N) is 20. The minimum absolute atomic E-state index is 0.00388. The van der Waals surface area contributed by atoms with Crippen molar-refractivity contribution >= 4 is 130 Å². The number of aliphatic hydroxyl groups is 1. The molecule has 4 aromatic rings. The fourth-order valence-electron chi connectivity index (χ4n) is 14.2. The van der Waals surface area contributed by atoms with Crippen LogP contribution in [0.4, 0.5) is 4.39 Å². The second-order valence-corrected chi connectivity index (χ2v) is 35.5. The Morgan fingerprint density at radius 1 is 0.447 bits per heavy atom. The number of aromatic nitrogens is 2. The summed E-state index contributed by atoms with van der Waals surface area (Å²) in [5, 5.41) is 99.0. The summed E-state index contributed by atoms with van der Waals surface area (Å²) < 4.78 is 15.1. The highest BCUT2D eigenvalue weighted by molar-refractivity contribution is 6.30. The number of H-pyrrole nitrogens is 1. The molecule has 0 fully saturated rings. The summed E-state index contributed by atoms with van der Waals surface area (Å²) in [6.45, 7) is 14.9. The number of carboxylic acid groups (broad SMARTS) is 2. The minimum Gasteiger partial charge on any atom is -0.508 e. The van der Waals surface area contributed by atoms with Crippen molar-refractivity contribution in [3.8, 4) is 5.75 Å². The topological polar surface area (TPSA) is 799 Å². The number of amides is 16. The standard InChI is InChI=1S/C91H138ClFN26O22/c1-11-47(7)72(118-75(126)49(9)105-81(132)68(42-70(123)124)114-79(130)62(22-17-35-103-91(99)100)109-76(127)58(95)38-51-25-29-57(121)30-26-51)87(138)116-65(39-52-23-27-54(92)28-24-52)85(136)119-73(50(10)120)88(139)106-48(8)74(125)108-60(20-13-14-34-102-90(97)98)78(129)112-66(40-53-18-15-19-55(93)37-53)83(134)113-67(41-56-43-101-44-104-56)84(135)110-61(21-16-33-94)80(131)117-71(46(5)6)86(137)115-64(36-45(3)4)82(133)107-59(12-2)77(128)111-63(89(140)141)31-32-69(96)122/h15,18-19,23-30,37,43-50,58-68,71-73,120-121H,11-14,16-17,20-22,31-36,38-42,94-95H2,1-10H3,(H2,96,122)(H,101,104)(H,105,132)(H,106,139)(H,107,133)(H,108,125)(H,109,127)(H,110,135)(H,111,128)(H,112,129)(H,113,134)(H,114,130)(H,115,137)(H,116,138)(H,117,131)(H,118,126)(H,119,136)(H,123,124)(H,140,141)(H4,97,98,102)(H4,99,100,103)/t47-,48-,49-,50+,58-,59-,60-,61-,62+,63-,64-,65-,66-,67-,68-,71-,72-,73-/m0/s1. The average molecular weight is 2000 g/mol. The average Bonchev–Trinajstić information content (AvgIpc) is 1.82. The smallest absolute Gasteiger partial charge is 0.326 e. The Balaban J connectivity index is 1.62. The van der Waals surface area contributed by atoms with Gasteiger partial charge in [-0.1, -0.05) is 103 Å². The lowest BCUT2D eigenvalue weighted by atomic mass is 9.96. The van der Waals surface area contributed by atoms with Crippen molar-refractivity contribution in [3.05, 3.63) is 119 Å². The lowest BCUT2D eigenvalue weighted by Gasteiger charge is -2.30. The number of nitrogens with zero attached hydrogens (tertiary/aromatic N) is 1. The number of aliphatic hydroxyl groups excluding tert-OH is 1. The second kappa shape index (κ2) is 60.6. The molecule has 0 aliphatic rings. The Bertz CT molecular complexity index is 4910. The van der Waals surface area contributed by atoms with Gasteiger partial charge in [-0.25, -0.2) is 14.2 Å². The van der Waals surface area contributed by atoms with E-state index in [1.54, 1.807) is 41.5 Å². The van der Waals surface area contributed by atoms with Gasteiger partial charge in [-0.2, -0.15) is 0 Å². The molecule has 1 aromatic heterocycles. The molecule has 0 saturated carbocycles. The molecule has 34 N–H and O–H groups in total. The monoisotopic (exact) mass is 2000 g/mol. The van der Waals surface area contributed by atoms with Crippen molar-refractivity contribution in [1.29, 1.82) is 10.8 Å². The van der Waals surface area contributed by atoms with E-state index in [9.17, 15) is 97.1 Å². The first-order valence-corrected chi connectivity index (χ1v) is 46.6. The maximum absolute atomic E-state index is 15.1. The maximum atomic E-state index is 15.1. The van der Waals surface area contributed by atoms with Gasteiger partial charge in [0.2, 0.25) is 94.5 Å². The van der Waals surface area contributed by atoms with Gasteiger partial charge in [0.25, 0.3) is 0 Å². The van der Waals surface area contributed by atoms with Crippen LogP contribution in [0.5, 0.6) is 5.75 Å². The molecule has 778 valence electrons. The summed E-state index contributed by atoms with van der Waals surface area (Å²) in [5.41, 5.74) is 29.5. The first-order chi connectivity index (χ1) is 66.4. The molecule has 18 atom stereocenters. The number of halogens is 2. The van der Waals surface area contributed by atoms with Crippen LogP contribution < -0.4 is 119 Å². The molecule has 0 radical (unpaired) electrons. The van der Waals surface area contributed by atoms with E-state index in [1.807, 2.05) is 0 Å². The summed E-state index contributed by atoms with van der Waals surface area (Å²) in [6.07, 6.45) is -2.16. The first kappa shape index (κ1) is 119. The van der Waals surface area contributed by atoms with Crippen molar-refractivity contribution < 1.29 is 111 Å². The Hall–Kier alpha value is -14.2. The molecule has 16 amide bonds. The lowest BCUT2D eigenvalue weighted by molar-refractivity contribution is -0.143. The molecule has 0 saturated heterocycles. The number of benzene rings is 3. The number of unbranched alkanes of at least 4 members (excludes halogenated alkanes) is 1. The number of phenolic OH excluding ortho intramolecular Hbond substituents is 1. The van der Waals surface area contributed by atoms with Crippen LogP contribution in [0.3, 0.4) is 0 Å². The third-order valence-corrected chi connectivity index (χ3v) is 22.6. The number of aromatic amines is 1. The molecule has 0 bridgehead atoms. The minimum atomic E-state index is -1.95. The van der Waals surface area contributed by atoms with E-state index < -0.39 is 258 Å². The summed E-state index contributed by atoms with van der Waals surface area (Å²) in [6, 6.07) is -8.58. The zero-order valence-corrected chi connectivity index (χ0v) is 81.3.